The minimum Gasteiger partial charge on any atom is -0.444 e. The third kappa shape index (κ3) is 7.92. The molecule has 5 rings (SSSR count). The average Bonchev–Trinajstić information content (AvgIpc) is 2.99. The van der Waals surface area contributed by atoms with Gasteiger partial charge in [-0.1, -0.05) is 30.3 Å². The molecule has 2 N–H and O–H groups in total. The van der Waals surface area contributed by atoms with E-state index in [4.69, 9.17) is 4.74 Å². The van der Waals surface area contributed by atoms with Crippen LogP contribution < -0.4 is 10.0 Å². The van der Waals surface area contributed by atoms with Crippen LogP contribution in [0.5, 0.6) is 0 Å². The lowest BCUT2D eigenvalue weighted by atomic mass is 9.85. The van der Waals surface area contributed by atoms with Gasteiger partial charge in [-0.25, -0.2) is 17.9 Å². The first-order valence-corrected chi connectivity index (χ1v) is 16.9. The number of carbonyl (C=O) groups excluding carboxylic acids is 2. The van der Waals surface area contributed by atoms with Crippen molar-refractivity contribution in [2.75, 3.05) is 25.0 Å². The molecule has 0 bridgehead atoms. The molecule has 0 radical (unpaired) electrons. The summed E-state index contributed by atoms with van der Waals surface area (Å²) >= 11 is 0. The van der Waals surface area contributed by atoms with Crippen LogP contribution in [0.2, 0.25) is 0 Å². The van der Waals surface area contributed by atoms with Crippen LogP contribution in [0.25, 0.3) is 0 Å². The Morgan fingerprint density at radius 1 is 0.956 bits per heavy atom. The van der Waals surface area contributed by atoms with Crippen LogP contribution in [0.4, 0.5) is 23.7 Å². The molecule has 2 heterocycles. The van der Waals surface area contributed by atoms with Gasteiger partial charge in [-0.2, -0.15) is 13.2 Å². The highest BCUT2D eigenvalue weighted by atomic mass is 32.2. The van der Waals surface area contributed by atoms with E-state index < -0.39 is 33.9 Å². The highest BCUT2D eigenvalue weighted by Gasteiger charge is 2.42. The zero-order valence-corrected chi connectivity index (χ0v) is 26.6. The van der Waals surface area contributed by atoms with Crippen molar-refractivity contribution in [3.63, 3.8) is 0 Å². The molecule has 1 saturated carbocycles. The Bertz CT molecular complexity index is 1490. The van der Waals surface area contributed by atoms with E-state index >= 15 is 0 Å². The molecule has 13 heteroatoms. The van der Waals surface area contributed by atoms with Crippen molar-refractivity contribution in [3.05, 3.63) is 59.7 Å². The summed E-state index contributed by atoms with van der Waals surface area (Å²) in [5.41, 5.74) is 1.12. The van der Waals surface area contributed by atoms with Crippen LogP contribution in [0.15, 0.2) is 53.4 Å². The van der Waals surface area contributed by atoms with Gasteiger partial charge in [0.05, 0.1) is 10.9 Å². The van der Waals surface area contributed by atoms with Gasteiger partial charge in [-0.15, -0.1) is 0 Å². The molecule has 2 aliphatic heterocycles. The summed E-state index contributed by atoms with van der Waals surface area (Å²) in [5, 5.41) is 2.47. The number of piperazine rings is 1. The summed E-state index contributed by atoms with van der Waals surface area (Å²) in [6.45, 7) is 6.47. The van der Waals surface area contributed by atoms with Crippen molar-refractivity contribution < 1.29 is 35.9 Å². The Morgan fingerprint density at radius 2 is 1.64 bits per heavy atom. The van der Waals surface area contributed by atoms with Gasteiger partial charge >= 0.3 is 12.3 Å². The monoisotopic (exact) mass is 650 g/mol. The van der Waals surface area contributed by atoms with Gasteiger partial charge in [-0.05, 0) is 88.6 Å². The number of nitrogens with zero attached hydrogens (tertiary/aromatic N) is 2. The van der Waals surface area contributed by atoms with Crippen molar-refractivity contribution in [1.82, 2.24) is 14.5 Å². The Hall–Kier alpha value is -3.32. The van der Waals surface area contributed by atoms with Crippen molar-refractivity contribution in [1.29, 1.82) is 0 Å². The molecular weight excluding hydrogens is 609 g/mol. The van der Waals surface area contributed by atoms with Gasteiger partial charge in [-0.3, -0.25) is 4.79 Å². The van der Waals surface area contributed by atoms with E-state index in [0.717, 1.165) is 5.56 Å². The zero-order valence-electron chi connectivity index (χ0n) is 25.8. The molecule has 2 aromatic rings. The molecule has 0 aromatic heterocycles. The standard InChI is InChI=1S/C32H41F3N4O5S/c1-31(2,3)44-30(41)38-17-18-39(27(20-38)21-7-5-4-6-8-21)29(40)22-9-12-24(13-10-22)37-45(42,43)25-14-15-26-23(19-25)11-16-28(36-26)32(33,34)35/h4-8,14-15,19,22,24,27-28,36-37H,9-13,16-18,20H2,1-3H3/t22-,24-,27?,28?. The van der Waals surface area contributed by atoms with Gasteiger partial charge < -0.3 is 19.9 Å². The summed E-state index contributed by atoms with van der Waals surface area (Å²) in [4.78, 5) is 30.2. The van der Waals surface area contributed by atoms with Gasteiger partial charge in [0.25, 0.3) is 0 Å². The summed E-state index contributed by atoms with van der Waals surface area (Å²) in [6, 6.07) is 11.4. The lowest BCUT2D eigenvalue weighted by Crippen LogP contribution is -2.54. The lowest BCUT2D eigenvalue weighted by molar-refractivity contribution is -0.144. The fourth-order valence-corrected chi connectivity index (χ4v) is 7.73. The van der Waals surface area contributed by atoms with Crippen molar-refractivity contribution in [2.24, 2.45) is 5.92 Å². The van der Waals surface area contributed by atoms with Crippen LogP contribution >= 0.6 is 0 Å². The molecule has 246 valence electrons. The fraction of sp³-hybridized carbons (Fsp3) is 0.562. The predicted molar refractivity (Wildman–Crippen MR) is 163 cm³/mol. The Kier molecular flexibility index (Phi) is 9.42. The molecule has 45 heavy (non-hydrogen) atoms. The second-order valence-corrected chi connectivity index (χ2v) is 14.9. The summed E-state index contributed by atoms with van der Waals surface area (Å²) in [5.74, 6) is -0.283. The molecule has 0 spiro atoms. The molecule has 2 amide bonds. The minimum absolute atomic E-state index is 0.00616. The zero-order chi connectivity index (χ0) is 32.6. The summed E-state index contributed by atoms with van der Waals surface area (Å²) in [7, 11) is -3.91. The van der Waals surface area contributed by atoms with E-state index in [1.165, 1.54) is 18.2 Å². The highest BCUT2D eigenvalue weighted by Crippen LogP contribution is 2.35. The maximum atomic E-state index is 13.9. The molecule has 1 aliphatic carbocycles. The number of aryl methyl sites for hydroxylation is 1. The van der Waals surface area contributed by atoms with Gasteiger partial charge in [0.2, 0.25) is 15.9 Å². The van der Waals surface area contributed by atoms with Crippen molar-refractivity contribution in [3.8, 4) is 0 Å². The van der Waals surface area contributed by atoms with E-state index in [2.05, 4.69) is 10.0 Å². The lowest BCUT2D eigenvalue weighted by Gasteiger charge is -2.43. The first kappa shape index (κ1) is 33.1. The quantitative estimate of drug-likeness (QED) is 0.434. The first-order chi connectivity index (χ1) is 21.1. The number of rotatable bonds is 5. The molecule has 3 aliphatic rings. The van der Waals surface area contributed by atoms with Crippen LogP contribution in [0.1, 0.15) is 70.0 Å². The molecule has 2 unspecified atom stereocenters. The minimum atomic E-state index is -4.37. The van der Waals surface area contributed by atoms with Crippen molar-refractivity contribution >= 4 is 27.7 Å². The molecule has 2 fully saturated rings. The summed E-state index contributed by atoms with van der Waals surface area (Å²) < 4.78 is 74.1. The Morgan fingerprint density at radius 3 is 2.29 bits per heavy atom. The number of ether oxygens (including phenoxy) is 1. The number of fused-ring (bicyclic) bond motifs is 1. The number of hydrogen-bond acceptors (Lipinski definition) is 6. The normalized spacial score (nSPS) is 24.4. The number of amides is 2. The summed E-state index contributed by atoms with van der Waals surface area (Å²) in [6.07, 6.45) is -2.86. The predicted octanol–water partition coefficient (Wildman–Crippen LogP) is 5.63. The molecule has 2 aromatic carbocycles. The fourth-order valence-electron chi connectivity index (χ4n) is 6.37. The topological polar surface area (TPSA) is 108 Å². The van der Waals surface area contributed by atoms with Crippen LogP contribution in [0.3, 0.4) is 0 Å². The highest BCUT2D eigenvalue weighted by molar-refractivity contribution is 7.89. The molecule has 1 saturated heterocycles. The first-order valence-electron chi connectivity index (χ1n) is 15.4. The van der Waals surface area contributed by atoms with Crippen molar-refractivity contribution in [2.45, 2.75) is 94.1 Å². The van der Waals surface area contributed by atoms with E-state index in [1.807, 2.05) is 56.0 Å². The van der Waals surface area contributed by atoms with Gasteiger partial charge in [0, 0.05) is 37.3 Å². The number of nitrogens with one attached hydrogen (secondary N) is 2. The van der Waals surface area contributed by atoms with Crippen LogP contribution in [-0.4, -0.2) is 73.7 Å². The largest absolute Gasteiger partial charge is 0.444 e. The number of sulfonamides is 1. The average molecular weight is 651 g/mol. The van der Waals surface area contributed by atoms with E-state index in [9.17, 15) is 31.2 Å². The number of halogens is 3. The maximum Gasteiger partial charge on any atom is 0.410 e. The second-order valence-electron chi connectivity index (χ2n) is 13.2. The SMILES string of the molecule is CC(C)(C)OC(=O)N1CCN(C(=O)[C@H]2CC[C@H](NS(=O)(=O)c3ccc4c(c3)CCC(C(F)(F)F)N4)CC2)C(c2ccccc2)C1. The molecule has 2 atom stereocenters. The second kappa shape index (κ2) is 12.8. The number of alkyl halides is 3. The van der Waals surface area contributed by atoms with E-state index in [0.29, 0.717) is 56.6 Å². The van der Waals surface area contributed by atoms with E-state index in [1.54, 1.807) is 4.90 Å². The van der Waals surface area contributed by atoms with Crippen LogP contribution in [0, 0.1) is 5.92 Å². The Labute approximate surface area is 262 Å². The number of carbonyl (C=O) groups is 2. The number of hydrogen-bond donors (Lipinski definition) is 2. The smallest absolute Gasteiger partial charge is 0.410 e. The Balaban J connectivity index is 1.20. The molecular formula is C32H41F3N4O5S. The number of benzene rings is 2. The van der Waals surface area contributed by atoms with Gasteiger partial charge in [0.15, 0.2) is 0 Å². The van der Waals surface area contributed by atoms with Crippen LogP contribution in [-0.2, 0) is 26.0 Å². The molecule has 9 nitrogen and oxygen atoms in total. The van der Waals surface area contributed by atoms with Gasteiger partial charge in [0.1, 0.15) is 11.6 Å². The third-order valence-electron chi connectivity index (χ3n) is 8.71. The maximum absolute atomic E-state index is 13.9. The number of anilines is 1. The van der Waals surface area contributed by atoms with E-state index in [-0.39, 0.29) is 41.6 Å². The third-order valence-corrected chi connectivity index (χ3v) is 10.2.